The Bertz CT molecular complexity index is 401. The van der Waals surface area contributed by atoms with E-state index in [0.717, 1.165) is 12.1 Å². The summed E-state index contributed by atoms with van der Waals surface area (Å²) in [5.74, 6) is 0. The fourth-order valence-electron chi connectivity index (χ4n) is 1.62. The fourth-order valence-corrected chi connectivity index (χ4v) is 1.62. The number of nitrogens with one attached hydrogen (secondary N) is 1. The fraction of sp³-hybridized carbons (Fsp3) is 0.455. The molecular weight excluding hydrogens is 192 g/mol. The van der Waals surface area contributed by atoms with Gasteiger partial charge in [0.1, 0.15) is 0 Å². The van der Waals surface area contributed by atoms with E-state index in [2.05, 4.69) is 19.2 Å². The zero-order valence-electron chi connectivity index (χ0n) is 8.86. The second-order valence-electron chi connectivity index (χ2n) is 4.70. The molecule has 80 valence electrons. The van der Waals surface area contributed by atoms with E-state index in [-0.39, 0.29) is 10.6 Å². The molecule has 1 aromatic carbocycles. The SMILES string of the molecule is CC1(C)CC1Nc1cccc([N+](=O)[O-])c1. The van der Waals surface area contributed by atoms with Crippen LogP contribution in [0, 0.1) is 15.5 Å². The third kappa shape index (κ3) is 2.09. The van der Waals surface area contributed by atoms with Crippen LogP contribution in [0.3, 0.4) is 0 Å². The lowest BCUT2D eigenvalue weighted by atomic mass is 10.2. The maximum Gasteiger partial charge on any atom is 0.271 e. The average molecular weight is 206 g/mol. The van der Waals surface area contributed by atoms with Gasteiger partial charge >= 0.3 is 0 Å². The normalized spacial score (nSPS) is 22.1. The molecule has 2 rings (SSSR count). The Morgan fingerprint density at radius 1 is 1.53 bits per heavy atom. The largest absolute Gasteiger partial charge is 0.382 e. The highest BCUT2D eigenvalue weighted by Crippen LogP contribution is 2.46. The molecular formula is C11H14N2O2. The van der Waals surface area contributed by atoms with Crippen LogP contribution < -0.4 is 5.32 Å². The van der Waals surface area contributed by atoms with Gasteiger partial charge in [-0.15, -0.1) is 0 Å². The molecule has 0 aliphatic heterocycles. The third-order valence-corrected chi connectivity index (χ3v) is 2.91. The van der Waals surface area contributed by atoms with Gasteiger partial charge < -0.3 is 5.32 Å². The first-order valence-corrected chi connectivity index (χ1v) is 5.00. The molecule has 0 aromatic heterocycles. The molecule has 1 unspecified atom stereocenters. The van der Waals surface area contributed by atoms with Gasteiger partial charge in [-0.3, -0.25) is 10.1 Å². The van der Waals surface area contributed by atoms with Gasteiger partial charge in [-0.2, -0.15) is 0 Å². The van der Waals surface area contributed by atoms with Crippen LogP contribution in [0.25, 0.3) is 0 Å². The Kier molecular flexibility index (Phi) is 2.14. The first-order valence-electron chi connectivity index (χ1n) is 5.00. The van der Waals surface area contributed by atoms with Crippen molar-refractivity contribution >= 4 is 11.4 Å². The molecule has 0 amide bonds. The Morgan fingerprint density at radius 2 is 2.20 bits per heavy atom. The standard InChI is InChI=1S/C11H14N2O2/c1-11(2)7-10(11)12-8-4-3-5-9(6-8)13(14)15/h3-6,10,12H,7H2,1-2H3. The molecule has 0 radical (unpaired) electrons. The van der Waals surface area contributed by atoms with Crippen LogP contribution in [0.4, 0.5) is 11.4 Å². The van der Waals surface area contributed by atoms with Crippen molar-refractivity contribution in [2.75, 3.05) is 5.32 Å². The maximum absolute atomic E-state index is 10.6. The molecule has 1 N–H and O–H groups in total. The minimum Gasteiger partial charge on any atom is -0.382 e. The number of non-ortho nitro benzene ring substituents is 1. The molecule has 0 bridgehead atoms. The highest BCUT2D eigenvalue weighted by molar-refractivity contribution is 5.52. The van der Waals surface area contributed by atoms with E-state index in [9.17, 15) is 10.1 Å². The predicted octanol–water partition coefficient (Wildman–Crippen LogP) is 2.81. The number of nitro groups is 1. The Balaban J connectivity index is 2.09. The smallest absolute Gasteiger partial charge is 0.271 e. The summed E-state index contributed by atoms with van der Waals surface area (Å²) in [4.78, 5) is 10.2. The van der Waals surface area contributed by atoms with Crippen molar-refractivity contribution < 1.29 is 4.92 Å². The van der Waals surface area contributed by atoms with Crippen LogP contribution in [0.2, 0.25) is 0 Å². The van der Waals surface area contributed by atoms with Crippen LogP contribution in [0.1, 0.15) is 20.3 Å². The number of hydrogen-bond donors (Lipinski definition) is 1. The molecule has 1 saturated carbocycles. The third-order valence-electron chi connectivity index (χ3n) is 2.91. The van der Waals surface area contributed by atoms with Gasteiger partial charge in [-0.25, -0.2) is 0 Å². The summed E-state index contributed by atoms with van der Waals surface area (Å²) < 4.78 is 0. The number of nitrogens with zero attached hydrogens (tertiary/aromatic N) is 1. The maximum atomic E-state index is 10.6. The topological polar surface area (TPSA) is 55.2 Å². The van der Waals surface area contributed by atoms with Crippen LogP contribution in [0.15, 0.2) is 24.3 Å². The summed E-state index contributed by atoms with van der Waals surface area (Å²) >= 11 is 0. The zero-order valence-corrected chi connectivity index (χ0v) is 8.86. The molecule has 1 aliphatic carbocycles. The van der Waals surface area contributed by atoms with Gasteiger partial charge in [0.2, 0.25) is 0 Å². The molecule has 0 heterocycles. The van der Waals surface area contributed by atoms with E-state index in [1.54, 1.807) is 12.1 Å². The van der Waals surface area contributed by atoms with Crippen molar-refractivity contribution in [3.8, 4) is 0 Å². The minimum absolute atomic E-state index is 0.137. The van der Waals surface area contributed by atoms with Crippen molar-refractivity contribution in [3.63, 3.8) is 0 Å². The molecule has 1 atom stereocenters. The van der Waals surface area contributed by atoms with E-state index in [1.165, 1.54) is 6.07 Å². The molecule has 4 heteroatoms. The van der Waals surface area contributed by atoms with Gasteiger partial charge in [-0.1, -0.05) is 19.9 Å². The summed E-state index contributed by atoms with van der Waals surface area (Å²) in [6.07, 6.45) is 1.12. The summed E-state index contributed by atoms with van der Waals surface area (Å²) in [5, 5.41) is 13.9. The van der Waals surface area contributed by atoms with Gasteiger partial charge in [-0.05, 0) is 17.9 Å². The molecule has 1 fully saturated rings. The number of anilines is 1. The van der Waals surface area contributed by atoms with Crippen LogP contribution in [0.5, 0.6) is 0 Å². The van der Waals surface area contributed by atoms with E-state index in [4.69, 9.17) is 0 Å². The average Bonchev–Trinajstić information content (AvgIpc) is 2.74. The van der Waals surface area contributed by atoms with E-state index in [1.807, 2.05) is 6.07 Å². The van der Waals surface area contributed by atoms with Crippen LogP contribution >= 0.6 is 0 Å². The van der Waals surface area contributed by atoms with E-state index >= 15 is 0 Å². The molecule has 15 heavy (non-hydrogen) atoms. The van der Waals surface area contributed by atoms with Crippen LogP contribution in [-0.2, 0) is 0 Å². The number of rotatable bonds is 3. The molecule has 4 nitrogen and oxygen atoms in total. The number of benzene rings is 1. The number of nitro benzene ring substituents is 1. The first kappa shape index (κ1) is 9.96. The lowest BCUT2D eigenvalue weighted by Gasteiger charge is -2.07. The molecule has 1 aliphatic rings. The second kappa shape index (κ2) is 3.22. The van der Waals surface area contributed by atoms with Crippen molar-refractivity contribution in [2.24, 2.45) is 5.41 Å². The summed E-state index contributed by atoms with van der Waals surface area (Å²) in [7, 11) is 0. The lowest BCUT2D eigenvalue weighted by molar-refractivity contribution is -0.384. The van der Waals surface area contributed by atoms with Gasteiger partial charge in [0, 0.05) is 23.9 Å². The van der Waals surface area contributed by atoms with E-state index in [0.29, 0.717) is 11.5 Å². The Hall–Kier alpha value is -1.58. The second-order valence-corrected chi connectivity index (χ2v) is 4.70. The highest BCUT2D eigenvalue weighted by atomic mass is 16.6. The van der Waals surface area contributed by atoms with Gasteiger partial charge in [0.15, 0.2) is 0 Å². The quantitative estimate of drug-likeness (QED) is 0.611. The first-order chi connectivity index (χ1) is 6.99. The monoisotopic (exact) mass is 206 g/mol. The lowest BCUT2D eigenvalue weighted by Crippen LogP contribution is -2.08. The number of hydrogen-bond acceptors (Lipinski definition) is 3. The predicted molar refractivity (Wildman–Crippen MR) is 58.9 cm³/mol. The summed E-state index contributed by atoms with van der Waals surface area (Å²) in [6.45, 7) is 4.37. The summed E-state index contributed by atoms with van der Waals surface area (Å²) in [5.41, 5.74) is 1.29. The van der Waals surface area contributed by atoms with Gasteiger partial charge in [0.25, 0.3) is 5.69 Å². The molecule has 0 spiro atoms. The molecule has 0 saturated heterocycles. The van der Waals surface area contributed by atoms with Crippen molar-refractivity contribution in [2.45, 2.75) is 26.3 Å². The van der Waals surface area contributed by atoms with Crippen molar-refractivity contribution in [1.29, 1.82) is 0 Å². The van der Waals surface area contributed by atoms with E-state index < -0.39 is 0 Å². The summed E-state index contributed by atoms with van der Waals surface area (Å²) in [6, 6.07) is 7.09. The molecule has 1 aromatic rings. The Labute approximate surface area is 88.5 Å². The zero-order chi connectivity index (χ0) is 11.1. The highest BCUT2D eigenvalue weighted by Gasteiger charge is 2.45. The van der Waals surface area contributed by atoms with Crippen molar-refractivity contribution in [1.82, 2.24) is 0 Å². The van der Waals surface area contributed by atoms with Crippen molar-refractivity contribution in [3.05, 3.63) is 34.4 Å². The Morgan fingerprint density at radius 3 is 2.73 bits per heavy atom. The van der Waals surface area contributed by atoms with Crippen LogP contribution in [-0.4, -0.2) is 11.0 Å². The van der Waals surface area contributed by atoms with Gasteiger partial charge in [0.05, 0.1) is 4.92 Å². The minimum atomic E-state index is -0.372.